The Labute approximate surface area is 117 Å². The van der Waals surface area contributed by atoms with Crippen LogP contribution in [-0.4, -0.2) is 23.5 Å². The van der Waals surface area contributed by atoms with Gasteiger partial charge in [0.15, 0.2) is 0 Å². The van der Waals surface area contributed by atoms with Gasteiger partial charge in [0.05, 0.1) is 11.6 Å². The lowest BCUT2D eigenvalue weighted by Gasteiger charge is -2.42. The molecule has 1 aromatic rings. The summed E-state index contributed by atoms with van der Waals surface area (Å²) in [7, 11) is 0. The molecule has 2 rings (SSSR count). The molecule has 2 nitrogen and oxygen atoms in total. The second-order valence-electron chi connectivity index (χ2n) is 5.70. The fraction of sp³-hybridized carbons (Fsp3) is 0.600. The summed E-state index contributed by atoms with van der Waals surface area (Å²) in [6, 6.07) is 5.73. The zero-order chi connectivity index (χ0) is 14.9. The third-order valence-corrected chi connectivity index (χ3v) is 3.96. The van der Waals surface area contributed by atoms with Crippen LogP contribution in [0, 0.1) is 0 Å². The minimum atomic E-state index is -4.29. The van der Waals surface area contributed by atoms with Crippen molar-refractivity contribution in [2.75, 3.05) is 6.54 Å². The Morgan fingerprint density at radius 3 is 2.30 bits per heavy atom. The molecule has 0 bridgehead atoms. The molecule has 0 aliphatic carbocycles. The number of nitrogens with two attached hydrogens (primary N) is 1. The zero-order valence-corrected chi connectivity index (χ0v) is 11.8. The summed E-state index contributed by atoms with van der Waals surface area (Å²) in [6.07, 6.45) is -2.34. The molecule has 112 valence electrons. The molecule has 2 atom stereocenters. The van der Waals surface area contributed by atoms with Gasteiger partial charge in [-0.25, -0.2) is 0 Å². The van der Waals surface area contributed by atoms with Gasteiger partial charge in [-0.3, -0.25) is 4.90 Å². The predicted octanol–water partition coefficient (Wildman–Crippen LogP) is 3.58. The van der Waals surface area contributed by atoms with Gasteiger partial charge < -0.3 is 5.73 Å². The van der Waals surface area contributed by atoms with Crippen LogP contribution in [0.3, 0.4) is 0 Å². The minimum absolute atomic E-state index is 0.00559. The first kappa shape index (κ1) is 15.3. The van der Waals surface area contributed by atoms with E-state index in [9.17, 15) is 13.2 Å². The van der Waals surface area contributed by atoms with Gasteiger partial charge in [0.25, 0.3) is 0 Å². The second-order valence-corrected chi connectivity index (χ2v) is 5.70. The molecule has 0 saturated carbocycles. The van der Waals surface area contributed by atoms with Crippen LogP contribution in [0.25, 0.3) is 0 Å². The zero-order valence-electron chi connectivity index (χ0n) is 11.8. The summed E-state index contributed by atoms with van der Waals surface area (Å²) < 4.78 is 37.8. The molecule has 2 unspecified atom stereocenters. The molecule has 1 aliphatic heterocycles. The number of hydrogen-bond acceptors (Lipinski definition) is 2. The highest BCUT2D eigenvalue weighted by Crippen LogP contribution is 2.34. The lowest BCUT2D eigenvalue weighted by Crippen LogP contribution is -2.48. The van der Waals surface area contributed by atoms with Gasteiger partial charge in [0.1, 0.15) is 0 Å². The largest absolute Gasteiger partial charge is 0.416 e. The molecule has 1 fully saturated rings. The maximum atomic E-state index is 12.6. The van der Waals surface area contributed by atoms with Crippen LogP contribution in [0.5, 0.6) is 0 Å². The van der Waals surface area contributed by atoms with E-state index in [1.165, 1.54) is 0 Å². The number of nitrogens with zero attached hydrogens (tertiary/aromatic N) is 1. The molecule has 20 heavy (non-hydrogen) atoms. The topological polar surface area (TPSA) is 29.3 Å². The number of likely N-dealkylation sites (tertiary alicyclic amines) is 1. The van der Waals surface area contributed by atoms with Crippen LogP contribution in [0.4, 0.5) is 13.2 Å². The van der Waals surface area contributed by atoms with E-state index in [-0.39, 0.29) is 12.1 Å². The van der Waals surface area contributed by atoms with E-state index in [1.807, 2.05) is 0 Å². The van der Waals surface area contributed by atoms with Crippen molar-refractivity contribution in [1.29, 1.82) is 0 Å². The van der Waals surface area contributed by atoms with Crippen LogP contribution in [0.1, 0.15) is 43.9 Å². The number of rotatable bonds is 2. The second kappa shape index (κ2) is 5.74. The Morgan fingerprint density at radius 2 is 1.80 bits per heavy atom. The van der Waals surface area contributed by atoms with Crippen molar-refractivity contribution < 1.29 is 13.2 Å². The molecule has 1 aliphatic rings. The van der Waals surface area contributed by atoms with E-state index in [4.69, 9.17) is 5.73 Å². The summed E-state index contributed by atoms with van der Waals surface area (Å²) in [5, 5.41) is 0. The summed E-state index contributed by atoms with van der Waals surface area (Å²) >= 11 is 0. The van der Waals surface area contributed by atoms with Crippen molar-refractivity contribution in [2.24, 2.45) is 5.73 Å². The first-order valence-corrected chi connectivity index (χ1v) is 6.99. The van der Waals surface area contributed by atoms with Crippen molar-refractivity contribution >= 4 is 0 Å². The van der Waals surface area contributed by atoms with Gasteiger partial charge in [-0.1, -0.05) is 12.1 Å². The number of piperidine rings is 1. The Balaban J connectivity index is 2.28. The molecule has 0 amide bonds. The maximum absolute atomic E-state index is 12.6. The SMILES string of the molecule is CC(C)N1CCCC(N)C1c1ccc(C(F)(F)F)cc1. The third-order valence-electron chi connectivity index (χ3n) is 3.96. The van der Waals surface area contributed by atoms with Crippen molar-refractivity contribution in [3.05, 3.63) is 35.4 Å². The van der Waals surface area contributed by atoms with Crippen LogP contribution in [0.2, 0.25) is 0 Å². The molecule has 1 saturated heterocycles. The number of hydrogen-bond donors (Lipinski definition) is 1. The number of alkyl halides is 3. The Hall–Kier alpha value is -1.07. The molecule has 0 spiro atoms. The van der Waals surface area contributed by atoms with E-state index in [0.29, 0.717) is 6.04 Å². The summed E-state index contributed by atoms with van der Waals surface area (Å²) in [5.41, 5.74) is 6.46. The van der Waals surface area contributed by atoms with E-state index < -0.39 is 11.7 Å². The fourth-order valence-corrected chi connectivity index (χ4v) is 2.94. The van der Waals surface area contributed by atoms with Crippen LogP contribution >= 0.6 is 0 Å². The monoisotopic (exact) mass is 286 g/mol. The van der Waals surface area contributed by atoms with Crippen molar-refractivity contribution in [3.63, 3.8) is 0 Å². The van der Waals surface area contributed by atoms with E-state index in [1.54, 1.807) is 12.1 Å². The normalized spacial score (nSPS) is 25.1. The Bertz CT molecular complexity index is 439. The summed E-state index contributed by atoms with van der Waals surface area (Å²) in [5.74, 6) is 0. The van der Waals surface area contributed by atoms with Gasteiger partial charge in [0, 0.05) is 12.1 Å². The highest BCUT2D eigenvalue weighted by Gasteiger charge is 2.33. The van der Waals surface area contributed by atoms with Gasteiger partial charge in [-0.15, -0.1) is 0 Å². The van der Waals surface area contributed by atoms with Gasteiger partial charge in [-0.05, 0) is 50.9 Å². The van der Waals surface area contributed by atoms with Crippen molar-refractivity contribution in [3.8, 4) is 0 Å². The van der Waals surface area contributed by atoms with E-state index in [2.05, 4.69) is 18.7 Å². The molecule has 5 heteroatoms. The number of benzene rings is 1. The average Bonchev–Trinajstić information content (AvgIpc) is 2.37. The first-order chi connectivity index (χ1) is 9.30. The van der Waals surface area contributed by atoms with Crippen molar-refractivity contribution in [2.45, 2.75) is 51.0 Å². The lowest BCUT2D eigenvalue weighted by molar-refractivity contribution is -0.137. The lowest BCUT2D eigenvalue weighted by atomic mass is 9.89. The van der Waals surface area contributed by atoms with Gasteiger partial charge in [0.2, 0.25) is 0 Å². The summed E-state index contributed by atoms with van der Waals surface area (Å²) in [4.78, 5) is 2.27. The molecule has 1 aromatic carbocycles. The van der Waals surface area contributed by atoms with Crippen molar-refractivity contribution in [1.82, 2.24) is 4.90 Å². The molecule has 1 heterocycles. The minimum Gasteiger partial charge on any atom is -0.326 e. The molecular formula is C15H21F3N2. The van der Waals surface area contributed by atoms with Crippen LogP contribution in [0.15, 0.2) is 24.3 Å². The van der Waals surface area contributed by atoms with Crippen LogP contribution in [-0.2, 0) is 6.18 Å². The number of halogens is 3. The highest BCUT2D eigenvalue weighted by atomic mass is 19.4. The molecular weight excluding hydrogens is 265 g/mol. The first-order valence-electron chi connectivity index (χ1n) is 6.99. The molecule has 2 N–H and O–H groups in total. The quantitative estimate of drug-likeness (QED) is 0.900. The smallest absolute Gasteiger partial charge is 0.326 e. The van der Waals surface area contributed by atoms with E-state index >= 15 is 0 Å². The van der Waals surface area contributed by atoms with Crippen LogP contribution < -0.4 is 5.73 Å². The third kappa shape index (κ3) is 3.15. The maximum Gasteiger partial charge on any atom is 0.416 e. The standard InChI is InChI=1S/C15H21F3N2/c1-10(2)20-9-3-4-13(19)14(20)11-5-7-12(8-6-11)15(16,17)18/h5-8,10,13-14H,3-4,9,19H2,1-2H3. The average molecular weight is 286 g/mol. The highest BCUT2D eigenvalue weighted by molar-refractivity contribution is 5.28. The molecule has 0 radical (unpaired) electrons. The molecule has 0 aromatic heterocycles. The van der Waals surface area contributed by atoms with E-state index in [0.717, 1.165) is 37.1 Å². The van der Waals surface area contributed by atoms with Gasteiger partial charge >= 0.3 is 6.18 Å². The van der Waals surface area contributed by atoms with Gasteiger partial charge in [-0.2, -0.15) is 13.2 Å². The Kier molecular flexibility index (Phi) is 4.39. The summed E-state index contributed by atoms with van der Waals surface area (Å²) in [6.45, 7) is 5.13. The predicted molar refractivity (Wildman–Crippen MR) is 73.2 cm³/mol. The Morgan fingerprint density at radius 1 is 1.20 bits per heavy atom. The fourth-order valence-electron chi connectivity index (χ4n) is 2.94.